The van der Waals surface area contributed by atoms with Crippen LogP contribution < -0.4 is 0 Å². The summed E-state index contributed by atoms with van der Waals surface area (Å²) < 4.78 is 4.10. The van der Waals surface area contributed by atoms with E-state index in [2.05, 4.69) is 33.7 Å². The molecule has 0 spiro atoms. The Hall–Kier alpha value is -2.22. The molecule has 4 rings (SSSR count). The van der Waals surface area contributed by atoms with Gasteiger partial charge in [-0.1, -0.05) is 0 Å². The van der Waals surface area contributed by atoms with Gasteiger partial charge in [-0.05, 0) is 47.5 Å². The Morgan fingerprint density at radius 3 is 2.75 bits per heavy atom. The van der Waals surface area contributed by atoms with E-state index in [0.29, 0.717) is 12.3 Å². The smallest absolute Gasteiger partial charge is 0.224 e. The quantitative estimate of drug-likeness (QED) is 0.671. The van der Waals surface area contributed by atoms with Gasteiger partial charge in [0, 0.05) is 36.5 Å². The normalized spacial score (nSPS) is 18.8. The molecule has 0 bridgehead atoms. The third-order valence-corrected chi connectivity index (χ3v) is 6.75. The highest BCUT2D eigenvalue weighted by Gasteiger charge is 2.29. The SMILES string of the molecule is Cc1nc(C)n([C@H](C)CC(=O)N2CCC[C@H](c3nc(C)n4c(C)csc34)C2)n1. The summed E-state index contributed by atoms with van der Waals surface area (Å²) in [6.07, 6.45) is 2.56. The Labute approximate surface area is 169 Å². The molecule has 3 aromatic rings. The Balaban J connectivity index is 1.48. The molecule has 7 nitrogen and oxygen atoms in total. The van der Waals surface area contributed by atoms with Crippen LogP contribution in [0.3, 0.4) is 0 Å². The van der Waals surface area contributed by atoms with Crippen LogP contribution >= 0.6 is 11.3 Å². The van der Waals surface area contributed by atoms with Gasteiger partial charge in [-0.15, -0.1) is 11.3 Å². The summed E-state index contributed by atoms with van der Waals surface area (Å²) >= 11 is 1.75. The first kappa shape index (κ1) is 19.1. The number of aromatic nitrogens is 5. The van der Waals surface area contributed by atoms with Gasteiger partial charge >= 0.3 is 0 Å². The van der Waals surface area contributed by atoms with Crippen LogP contribution in [0.15, 0.2) is 5.38 Å². The van der Waals surface area contributed by atoms with Gasteiger partial charge in [-0.25, -0.2) is 14.6 Å². The summed E-state index contributed by atoms with van der Waals surface area (Å²) in [7, 11) is 0. The van der Waals surface area contributed by atoms with Crippen LogP contribution in [0.2, 0.25) is 0 Å². The number of carbonyl (C=O) groups is 1. The molecule has 4 heterocycles. The van der Waals surface area contributed by atoms with Crippen LogP contribution in [0, 0.1) is 27.7 Å². The maximum absolute atomic E-state index is 13.0. The Bertz CT molecular complexity index is 1020. The van der Waals surface area contributed by atoms with Crippen molar-refractivity contribution in [3.8, 4) is 0 Å². The second-order valence-corrected chi connectivity index (χ2v) is 8.80. The van der Waals surface area contributed by atoms with Crippen molar-refractivity contribution >= 4 is 22.1 Å². The number of carbonyl (C=O) groups excluding carboxylic acids is 1. The molecule has 1 aliphatic rings. The molecule has 3 aromatic heterocycles. The van der Waals surface area contributed by atoms with Crippen LogP contribution in [0.1, 0.15) is 67.0 Å². The Morgan fingerprint density at radius 2 is 2.04 bits per heavy atom. The van der Waals surface area contributed by atoms with Crippen molar-refractivity contribution < 1.29 is 4.79 Å². The Kier molecular flexibility index (Phi) is 4.99. The molecular weight excluding hydrogens is 372 g/mol. The minimum Gasteiger partial charge on any atom is -0.342 e. The van der Waals surface area contributed by atoms with Crippen molar-refractivity contribution in [2.24, 2.45) is 0 Å². The van der Waals surface area contributed by atoms with E-state index in [1.807, 2.05) is 30.4 Å². The van der Waals surface area contributed by atoms with E-state index in [4.69, 9.17) is 4.98 Å². The average molecular weight is 401 g/mol. The first-order chi connectivity index (χ1) is 13.3. The number of thiazole rings is 1. The van der Waals surface area contributed by atoms with Crippen molar-refractivity contribution in [2.75, 3.05) is 13.1 Å². The summed E-state index contributed by atoms with van der Waals surface area (Å²) in [5.74, 6) is 3.15. The molecule has 28 heavy (non-hydrogen) atoms. The number of piperidine rings is 1. The predicted octanol–water partition coefficient (Wildman–Crippen LogP) is 3.58. The number of amides is 1. The summed E-state index contributed by atoms with van der Waals surface area (Å²) in [5, 5.41) is 6.62. The molecule has 0 saturated carbocycles. The molecule has 0 N–H and O–H groups in total. The average Bonchev–Trinajstić information content (AvgIpc) is 3.31. The van der Waals surface area contributed by atoms with E-state index in [-0.39, 0.29) is 11.9 Å². The topological polar surface area (TPSA) is 68.3 Å². The minimum absolute atomic E-state index is 0.00980. The maximum atomic E-state index is 13.0. The molecule has 1 saturated heterocycles. The summed E-state index contributed by atoms with van der Waals surface area (Å²) in [4.78, 5) is 25.5. The van der Waals surface area contributed by atoms with Crippen molar-refractivity contribution in [3.63, 3.8) is 0 Å². The van der Waals surface area contributed by atoms with Gasteiger partial charge in [-0.3, -0.25) is 9.20 Å². The molecule has 8 heteroatoms. The largest absolute Gasteiger partial charge is 0.342 e. The van der Waals surface area contributed by atoms with E-state index in [1.165, 1.54) is 10.5 Å². The van der Waals surface area contributed by atoms with Gasteiger partial charge in [0.1, 0.15) is 22.3 Å². The molecule has 1 amide bonds. The molecule has 0 unspecified atom stereocenters. The molecule has 1 fully saturated rings. The first-order valence-corrected chi connectivity index (χ1v) is 10.8. The number of likely N-dealkylation sites (tertiary alicyclic amines) is 1. The van der Waals surface area contributed by atoms with Gasteiger partial charge in [-0.2, -0.15) is 5.10 Å². The maximum Gasteiger partial charge on any atom is 0.224 e. The molecular formula is C20H28N6OS. The van der Waals surface area contributed by atoms with E-state index in [1.54, 1.807) is 11.3 Å². The van der Waals surface area contributed by atoms with Crippen molar-refractivity contribution in [2.45, 2.75) is 65.8 Å². The zero-order valence-electron chi connectivity index (χ0n) is 17.3. The lowest BCUT2D eigenvalue weighted by atomic mass is 9.95. The minimum atomic E-state index is 0.00980. The van der Waals surface area contributed by atoms with E-state index in [0.717, 1.165) is 49.1 Å². The number of imidazole rings is 1. The third kappa shape index (κ3) is 3.34. The molecule has 2 atom stereocenters. The van der Waals surface area contributed by atoms with Gasteiger partial charge in [0.25, 0.3) is 0 Å². The van der Waals surface area contributed by atoms with Crippen molar-refractivity contribution in [3.05, 3.63) is 34.2 Å². The molecule has 0 aromatic carbocycles. The zero-order chi connectivity index (χ0) is 20.0. The van der Waals surface area contributed by atoms with Gasteiger partial charge in [0.2, 0.25) is 5.91 Å². The lowest BCUT2D eigenvalue weighted by Crippen LogP contribution is -2.40. The van der Waals surface area contributed by atoms with Gasteiger partial charge < -0.3 is 4.90 Å². The molecule has 0 aliphatic carbocycles. The highest BCUT2D eigenvalue weighted by Crippen LogP contribution is 2.33. The highest BCUT2D eigenvalue weighted by molar-refractivity contribution is 7.15. The zero-order valence-corrected chi connectivity index (χ0v) is 18.1. The van der Waals surface area contributed by atoms with E-state index >= 15 is 0 Å². The van der Waals surface area contributed by atoms with Gasteiger partial charge in [0.05, 0.1) is 11.7 Å². The number of rotatable bonds is 4. The Morgan fingerprint density at radius 1 is 1.25 bits per heavy atom. The number of aryl methyl sites for hydroxylation is 4. The van der Waals surface area contributed by atoms with Crippen molar-refractivity contribution in [1.82, 2.24) is 29.0 Å². The van der Waals surface area contributed by atoms with Crippen LogP contribution in [-0.4, -0.2) is 48.0 Å². The number of nitrogens with zero attached hydrogens (tertiary/aromatic N) is 6. The molecule has 150 valence electrons. The predicted molar refractivity (Wildman–Crippen MR) is 110 cm³/mol. The second-order valence-electron chi connectivity index (χ2n) is 7.94. The van der Waals surface area contributed by atoms with Crippen LogP contribution in [-0.2, 0) is 4.79 Å². The fraction of sp³-hybridized carbons (Fsp3) is 0.600. The highest BCUT2D eigenvalue weighted by atomic mass is 32.1. The number of hydrogen-bond acceptors (Lipinski definition) is 5. The summed E-state index contributed by atoms with van der Waals surface area (Å²) in [6.45, 7) is 11.6. The third-order valence-electron chi connectivity index (χ3n) is 5.68. The second kappa shape index (κ2) is 7.31. The van der Waals surface area contributed by atoms with Crippen LogP contribution in [0.5, 0.6) is 0 Å². The lowest BCUT2D eigenvalue weighted by Gasteiger charge is -2.33. The molecule has 1 aliphatic heterocycles. The number of hydrogen-bond donors (Lipinski definition) is 0. The van der Waals surface area contributed by atoms with E-state index in [9.17, 15) is 4.79 Å². The van der Waals surface area contributed by atoms with Crippen molar-refractivity contribution in [1.29, 1.82) is 0 Å². The number of fused-ring (bicyclic) bond motifs is 1. The fourth-order valence-electron chi connectivity index (χ4n) is 4.37. The monoisotopic (exact) mass is 400 g/mol. The first-order valence-electron chi connectivity index (χ1n) is 9.95. The summed E-state index contributed by atoms with van der Waals surface area (Å²) in [5.41, 5.74) is 2.39. The molecule has 0 radical (unpaired) electrons. The van der Waals surface area contributed by atoms with E-state index < -0.39 is 0 Å². The summed E-state index contributed by atoms with van der Waals surface area (Å²) in [6, 6.07) is 0.00980. The lowest BCUT2D eigenvalue weighted by molar-refractivity contribution is -0.133. The standard InChI is InChI=1S/C20H28N6OS/c1-12(26-16(5)21-14(3)23-26)9-18(27)24-8-6-7-17(10-24)19-20-25(15(4)22-19)13(2)11-28-20/h11-12,17H,6-10H2,1-5H3/t12-,17+/m1/s1. The fourth-order valence-corrected chi connectivity index (χ4v) is 5.47. The van der Waals surface area contributed by atoms with Crippen LogP contribution in [0.4, 0.5) is 0 Å². The van der Waals surface area contributed by atoms with Gasteiger partial charge in [0.15, 0.2) is 0 Å². The van der Waals surface area contributed by atoms with Crippen LogP contribution in [0.25, 0.3) is 4.83 Å².